The number of ether oxygens (including phenoxy) is 1. The number of nitriles is 1. The molecule has 6 nitrogen and oxygen atoms in total. The van der Waals surface area contributed by atoms with E-state index < -0.39 is 0 Å². The van der Waals surface area contributed by atoms with Crippen LogP contribution in [-0.4, -0.2) is 55.7 Å². The lowest BCUT2D eigenvalue weighted by atomic mass is 9.73. The number of piperidine rings is 2. The fraction of sp³-hybridized carbons (Fsp3) is 0.632. The summed E-state index contributed by atoms with van der Waals surface area (Å²) in [6.07, 6.45) is 6.40. The molecule has 25 heavy (non-hydrogen) atoms. The van der Waals surface area contributed by atoms with Crippen LogP contribution in [0.3, 0.4) is 0 Å². The molecule has 3 rings (SSSR count). The molecule has 6 heteroatoms. The average Bonchev–Trinajstić information content (AvgIpc) is 2.65. The number of aromatic nitrogens is 1. The van der Waals surface area contributed by atoms with Gasteiger partial charge in [-0.1, -0.05) is 0 Å². The molecule has 0 aliphatic carbocycles. The van der Waals surface area contributed by atoms with Gasteiger partial charge in [-0.05, 0) is 37.8 Å². The molecule has 3 heterocycles. The maximum Gasteiger partial charge on any atom is 0.222 e. The van der Waals surface area contributed by atoms with Gasteiger partial charge >= 0.3 is 0 Å². The highest BCUT2D eigenvalue weighted by molar-refractivity contribution is 5.77. The highest BCUT2D eigenvalue weighted by atomic mass is 16.5. The molecule has 2 aliphatic heterocycles. The first-order valence-corrected chi connectivity index (χ1v) is 9.04. The molecule has 134 valence electrons. The predicted molar refractivity (Wildman–Crippen MR) is 95.1 cm³/mol. The van der Waals surface area contributed by atoms with Crippen LogP contribution in [-0.2, 0) is 9.53 Å². The van der Waals surface area contributed by atoms with E-state index in [1.807, 2.05) is 17.0 Å². The number of methoxy groups -OCH3 is 1. The second-order valence-corrected chi connectivity index (χ2v) is 7.20. The van der Waals surface area contributed by atoms with E-state index in [4.69, 9.17) is 10.00 Å². The summed E-state index contributed by atoms with van der Waals surface area (Å²) in [5, 5.41) is 8.93. The van der Waals surface area contributed by atoms with E-state index in [0.717, 1.165) is 57.7 Å². The lowest BCUT2D eigenvalue weighted by molar-refractivity contribution is -0.138. The zero-order valence-corrected chi connectivity index (χ0v) is 14.9. The highest BCUT2D eigenvalue weighted by Crippen LogP contribution is 2.39. The first kappa shape index (κ1) is 17.7. The molecule has 2 aliphatic rings. The standard InChI is InChI=1S/C19H26N4O2/c1-25-11-3-10-23-15-19(8-6-18(23)24)7-2-9-22(14-19)17-5-4-16(12-20)13-21-17/h4-5,13H,2-3,6-11,14-15H2,1H3/t19-/m0/s1. The number of amides is 1. The van der Waals surface area contributed by atoms with Crippen LogP contribution in [0.2, 0.25) is 0 Å². The number of anilines is 1. The van der Waals surface area contributed by atoms with Crippen LogP contribution in [0.1, 0.15) is 37.7 Å². The van der Waals surface area contributed by atoms with Crippen molar-refractivity contribution in [1.29, 1.82) is 5.26 Å². The summed E-state index contributed by atoms with van der Waals surface area (Å²) in [6, 6.07) is 5.87. The molecule has 1 atom stereocenters. The highest BCUT2D eigenvalue weighted by Gasteiger charge is 2.41. The minimum Gasteiger partial charge on any atom is -0.385 e. The minimum absolute atomic E-state index is 0.162. The summed E-state index contributed by atoms with van der Waals surface area (Å²) in [6.45, 7) is 4.22. The zero-order chi connectivity index (χ0) is 17.7. The van der Waals surface area contributed by atoms with Gasteiger partial charge in [0.1, 0.15) is 11.9 Å². The van der Waals surface area contributed by atoms with Gasteiger partial charge in [-0.2, -0.15) is 5.26 Å². The fourth-order valence-electron chi connectivity index (χ4n) is 4.08. The lowest BCUT2D eigenvalue weighted by Gasteiger charge is -2.48. The molecule has 1 aromatic rings. The van der Waals surface area contributed by atoms with Crippen molar-refractivity contribution in [2.75, 3.05) is 44.8 Å². The first-order chi connectivity index (χ1) is 12.2. The van der Waals surface area contributed by atoms with E-state index in [-0.39, 0.29) is 11.3 Å². The third-order valence-corrected chi connectivity index (χ3v) is 5.39. The summed E-state index contributed by atoms with van der Waals surface area (Å²) < 4.78 is 5.12. The van der Waals surface area contributed by atoms with Crippen LogP contribution in [0.5, 0.6) is 0 Å². The smallest absolute Gasteiger partial charge is 0.222 e. The van der Waals surface area contributed by atoms with Crippen LogP contribution >= 0.6 is 0 Å². The molecule has 0 saturated carbocycles. The number of hydrogen-bond donors (Lipinski definition) is 0. The van der Waals surface area contributed by atoms with Crippen LogP contribution < -0.4 is 4.90 Å². The Morgan fingerprint density at radius 3 is 2.96 bits per heavy atom. The van der Waals surface area contributed by atoms with Crippen LogP contribution in [0.4, 0.5) is 5.82 Å². The Hall–Kier alpha value is -2.13. The number of carbonyl (C=O) groups is 1. The van der Waals surface area contributed by atoms with E-state index in [1.165, 1.54) is 0 Å². The zero-order valence-electron chi connectivity index (χ0n) is 14.9. The van der Waals surface area contributed by atoms with Crippen molar-refractivity contribution in [3.05, 3.63) is 23.9 Å². The lowest BCUT2D eigenvalue weighted by Crippen LogP contribution is -2.54. The Morgan fingerprint density at radius 1 is 1.36 bits per heavy atom. The molecular formula is C19H26N4O2. The molecule has 0 radical (unpaired) electrons. The maximum atomic E-state index is 12.3. The third kappa shape index (κ3) is 4.10. The van der Waals surface area contributed by atoms with Gasteiger partial charge in [0.05, 0.1) is 5.56 Å². The van der Waals surface area contributed by atoms with Crippen LogP contribution in [0.15, 0.2) is 18.3 Å². The van der Waals surface area contributed by atoms with Crippen molar-refractivity contribution in [3.8, 4) is 6.07 Å². The molecule has 0 bridgehead atoms. The summed E-state index contributed by atoms with van der Waals surface area (Å²) in [4.78, 5) is 21.1. The van der Waals surface area contributed by atoms with Gasteiger partial charge in [0.15, 0.2) is 0 Å². The third-order valence-electron chi connectivity index (χ3n) is 5.39. The molecule has 0 unspecified atom stereocenters. The number of rotatable bonds is 5. The molecular weight excluding hydrogens is 316 g/mol. The summed E-state index contributed by atoms with van der Waals surface area (Å²) in [5.74, 6) is 1.20. The molecule has 0 N–H and O–H groups in total. The molecule has 1 spiro atoms. The Balaban J connectivity index is 1.68. The van der Waals surface area contributed by atoms with E-state index in [9.17, 15) is 4.79 Å². The topological polar surface area (TPSA) is 69.5 Å². The SMILES string of the molecule is COCCCN1C[C@@]2(CCCN(c3ccc(C#N)cn3)C2)CCC1=O. The van der Waals surface area contributed by atoms with E-state index in [1.54, 1.807) is 13.3 Å². The van der Waals surface area contributed by atoms with Crippen molar-refractivity contribution in [2.24, 2.45) is 5.41 Å². The Bertz CT molecular complexity index is 640. The quantitative estimate of drug-likeness (QED) is 0.767. The monoisotopic (exact) mass is 342 g/mol. The minimum atomic E-state index is 0.162. The van der Waals surface area contributed by atoms with Gasteiger partial charge in [0, 0.05) is 57.9 Å². The largest absolute Gasteiger partial charge is 0.385 e. The van der Waals surface area contributed by atoms with Crippen molar-refractivity contribution < 1.29 is 9.53 Å². The maximum absolute atomic E-state index is 12.3. The molecule has 1 amide bonds. The second kappa shape index (κ2) is 7.83. The van der Waals surface area contributed by atoms with Gasteiger partial charge in [-0.25, -0.2) is 4.98 Å². The number of pyridine rings is 1. The molecule has 1 aromatic heterocycles. The van der Waals surface area contributed by atoms with Crippen LogP contribution in [0, 0.1) is 16.7 Å². The Kier molecular flexibility index (Phi) is 5.54. The fourth-order valence-corrected chi connectivity index (χ4v) is 4.08. The molecule has 0 aromatic carbocycles. The van der Waals surface area contributed by atoms with Gasteiger partial charge in [-0.15, -0.1) is 0 Å². The molecule has 2 saturated heterocycles. The number of nitrogens with zero attached hydrogens (tertiary/aromatic N) is 4. The Morgan fingerprint density at radius 2 is 2.24 bits per heavy atom. The van der Waals surface area contributed by atoms with Gasteiger partial charge in [0.25, 0.3) is 0 Å². The van der Waals surface area contributed by atoms with E-state index in [2.05, 4.69) is 16.0 Å². The van der Waals surface area contributed by atoms with Crippen molar-refractivity contribution in [2.45, 2.75) is 32.1 Å². The first-order valence-electron chi connectivity index (χ1n) is 9.04. The average molecular weight is 342 g/mol. The summed E-state index contributed by atoms with van der Waals surface area (Å²) in [7, 11) is 1.70. The second-order valence-electron chi connectivity index (χ2n) is 7.20. The van der Waals surface area contributed by atoms with E-state index >= 15 is 0 Å². The number of hydrogen-bond acceptors (Lipinski definition) is 5. The number of carbonyl (C=O) groups excluding carboxylic acids is 1. The Labute approximate surface area is 149 Å². The summed E-state index contributed by atoms with van der Waals surface area (Å²) in [5.41, 5.74) is 0.748. The summed E-state index contributed by atoms with van der Waals surface area (Å²) >= 11 is 0. The predicted octanol–water partition coefficient (Wildman–Crippen LogP) is 2.20. The molecule has 2 fully saturated rings. The van der Waals surface area contributed by atoms with Crippen LogP contribution in [0.25, 0.3) is 0 Å². The van der Waals surface area contributed by atoms with Crippen molar-refractivity contribution >= 4 is 11.7 Å². The van der Waals surface area contributed by atoms with Crippen molar-refractivity contribution in [1.82, 2.24) is 9.88 Å². The van der Waals surface area contributed by atoms with Crippen molar-refractivity contribution in [3.63, 3.8) is 0 Å². The normalized spacial score (nSPS) is 23.8. The van der Waals surface area contributed by atoms with Gasteiger partial charge < -0.3 is 14.5 Å². The van der Waals surface area contributed by atoms with E-state index in [0.29, 0.717) is 18.6 Å². The number of likely N-dealkylation sites (tertiary alicyclic amines) is 1. The van der Waals surface area contributed by atoms with Gasteiger partial charge in [-0.3, -0.25) is 4.79 Å². The van der Waals surface area contributed by atoms with Gasteiger partial charge in [0.2, 0.25) is 5.91 Å².